The molecular weight excluding hydrogens is 521 g/mol. The van der Waals surface area contributed by atoms with Crippen molar-refractivity contribution in [3.05, 3.63) is 75.8 Å². The van der Waals surface area contributed by atoms with E-state index in [1.54, 1.807) is 0 Å². The molecule has 1 aliphatic heterocycles. The molecule has 4 bridgehead atoms. The molecule has 1 unspecified atom stereocenters. The molecule has 0 saturated carbocycles. The third-order valence-corrected chi connectivity index (χ3v) is 6.99. The number of hydrogen-bond acceptors (Lipinski definition) is 5. The number of carbonyl (C=O) groups excluding carboxylic acids is 1. The van der Waals surface area contributed by atoms with Crippen LogP contribution < -0.4 is 4.72 Å². The van der Waals surface area contributed by atoms with Crippen molar-refractivity contribution in [3.8, 4) is 16.9 Å². The largest absolute Gasteiger partial charge is 0.505 e. The number of halogens is 5. The number of phenolic OH excluding ortho intramolecular Hbond substituents is 1. The standard InChI is InChI=1S/C21H13ClF4NO5PS/c22-14-4-9-5-18(19(14)28)34(30,31)27-17-6-13(15(23)7-16(17)24)12-2-1-11(21(25,26)33)3-10(12)8-32-20(9)29/h1-7,27-28H,8,33H2. The highest BCUT2D eigenvalue weighted by molar-refractivity contribution is 7.92. The average Bonchev–Trinajstić information content (AvgIpc) is 2.74. The first-order valence-corrected chi connectivity index (χ1v) is 11.7. The monoisotopic (exact) mass is 533 g/mol. The number of sulfonamides is 1. The van der Waals surface area contributed by atoms with Gasteiger partial charge < -0.3 is 9.84 Å². The second kappa shape index (κ2) is 8.41. The molecule has 13 heteroatoms. The van der Waals surface area contributed by atoms with Gasteiger partial charge in [-0.1, -0.05) is 33.0 Å². The minimum Gasteiger partial charge on any atom is -0.505 e. The number of alkyl halides is 2. The van der Waals surface area contributed by atoms with Crippen molar-refractivity contribution in [2.24, 2.45) is 0 Å². The molecule has 1 heterocycles. The van der Waals surface area contributed by atoms with Crippen LogP contribution in [0.2, 0.25) is 5.02 Å². The zero-order valence-corrected chi connectivity index (χ0v) is 19.4. The fraction of sp³-hybridized carbons (Fsp3) is 0.0952. The summed E-state index contributed by atoms with van der Waals surface area (Å²) in [6, 6.07) is 6.02. The first-order chi connectivity index (χ1) is 15.8. The number of rotatable bonds is 1. The van der Waals surface area contributed by atoms with Crippen LogP contribution in [0.5, 0.6) is 5.75 Å². The number of phenols is 1. The van der Waals surface area contributed by atoms with Gasteiger partial charge >= 0.3 is 5.97 Å². The molecule has 3 aromatic rings. The van der Waals surface area contributed by atoms with Gasteiger partial charge in [0.05, 0.1) is 16.3 Å². The van der Waals surface area contributed by atoms with Crippen molar-refractivity contribution >= 4 is 42.5 Å². The van der Waals surface area contributed by atoms with Gasteiger partial charge in [-0.05, 0) is 35.4 Å². The Bertz CT molecular complexity index is 1460. The molecule has 178 valence electrons. The first-order valence-electron chi connectivity index (χ1n) is 9.30. The maximum Gasteiger partial charge on any atom is 0.338 e. The van der Waals surface area contributed by atoms with Gasteiger partial charge in [-0.3, -0.25) is 4.72 Å². The number of cyclic esters (lactones) is 1. The summed E-state index contributed by atoms with van der Waals surface area (Å²) in [5.41, 5.74) is -5.40. The smallest absolute Gasteiger partial charge is 0.338 e. The molecular formula is C21H13ClF4NO5PS. The van der Waals surface area contributed by atoms with Gasteiger partial charge in [-0.15, -0.1) is 0 Å². The Kier molecular flexibility index (Phi) is 6.00. The maximum atomic E-state index is 14.7. The molecule has 0 spiro atoms. The summed E-state index contributed by atoms with van der Waals surface area (Å²) in [6.45, 7) is -0.622. The highest BCUT2D eigenvalue weighted by Gasteiger charge is 2.29. The summed E-state index contributed by atoms with van der Waals surface area (Å²) in [6.07, 6.45) is 0. The summed E-state index contributed by atoms with van der Waals surface area (Å²) in [5, 5.41) is 9.63. The van der Waals surface area contributed by atoms with Crippen molar-refractivity contribution in [1.29, 1.82) is 0 Å². The molecule has 0 amide bonds. The lowest BCUT2D eigenvalue weighted by molar-refractivity contribution is 0.0472. The zero-order valence-electron chi connectivity index (χ0n) is 16.7. The van der Waals surface area contributed by atoms with E-state index in [2.05, 4.69) is 0 Å². The van der Waals surface area contributed by atoms with Crippen LogP contribution in [0.25, 0.3) is 11.1 Å². The summed E-state index contributed by atoms with van der Waals surface area (Å²) >= 11 is 5.86. The summed E-state index contributed by atoms with van der Waals surface area (Å²) in [4.78, 5) is 11.7. The molecule has 0 aliphatic carbocycles. The van der Waals surface area contributed by atoms with Gasteiger partial charge in [0, 0.05) is 17.2 Å². The van der Waals surface area contributed by atoms with Crippen molar-refractivity contribution in [1.82, 2.24) is 0 Å². The molecule has 0 saturated heterocycles. The molecule has 3 aromatic carbocycles. The normalized spacial score (nSPS) is 15.2. The number of aromatic hydroxyl groups is 1. The molecule has 1 aliphatic rings. The highest BCUT2D eigenvalue weighted by Crippen LogP contribution is 2.40. The Balaban J connectivity index is 2.01. The minimum atomic E-state index is -4.73. The van der Waals surface area contributed by atoms with Gasteiger partial charge in [0.1, 0.15) is 23.1 Å². The van der Waals surface area contributed by atoms with E-state index in [0.717, 1.165) is 36.4 Å². The molecule has 2 N–H and O–H groups in total. The summed E-state index contributed by atoms with van der Waals surface area (Å²) in [5.74, 6) is -4.44. The molecule has 0 radical (unpaired) electrons. The van der Waals surface area contributed by atoms with Gasteiger partial charge in [0.2, 0.25) is 0 Å². The Morgan fingerprint density at radius 3 is 2.44 bits per heavy atom. The number of hydrogen-bond donors (Lipinski definition) is 2. The first kappa shape index (κ1) is 24.3. The van der Waals surface area contributed by atoms with E-state index < -0.39 is 72.4 Å². The molecule has 0 aromatic heterocycles. The van der Waals surface area contributed by atoms with Crippen molar-refractivity contribution < 1.29 is 40.6 Å². The Labute approximate surface area is 197 Å². The van der Waals surface area contributed by atoms with E-state index in [1.807, 2.05) is 4.72 Å². The van der Waals surface area contributed by atoms with E-state index in [4.69, 9.17) is 16.3 Å². The zero-order chi connectivity index (χ0) is 25.0. The van der Waals surface area contributed by atoms with Crippen molar-refractivity contribution in [2.75, 3.05) is 4.72 Å². The van der Waals surface area contributed by atoms with Crippen LogP contribution in [0.3, 0.4) is 0 Å². The second-order valence-corrected chi connectivity index (χ2v) is 10.1. The van der Waals surface area contributed by atoms with E-state index >= 15 is 0 Å². The minimum absolute atomic E-state index is 0.0458. The summed E-state index contributed by atoms with van der Waals surface area (Å²) < 4.78 is 89.7. The van der Waals surface area contributed by atoms with Crippen molar-refractivity contribution in [2.45, 2.75) is 17.2 Å². The van der Waals surface area contributed by atoms with E-state index in [1.165, 1.54) is 9.24 Å². The Morgan fingerprint density at radius 1 is 1.06 bits per heavy atom. The lowest BCUT2D eigenvalue weighted by atomic mass is 9.96. The lowest BCUT2D eigenvalue weighted by Gasteiger charge is -2.17. The van der Waals surface area contributed by atoms with Crippen LogP contribution in [0.4, 0.5) is 23.2 Å². The third-order valence-electron chi connectivity index (χ3n) is 4.99. The molecule has 1 atom stereocenters. The Hall–Kier alpha value is -2.88. The van der Waals surface area contributed by atoms with Crippen LogP contribution in [0, 0.1) is 11.6 Å². The van der Waals surface area contributed by atoms with E-state index in [-0.39, 0.29) is 16.7 Å². The molecule has 34 heavy (non-hydrogen) atoms. The topological polar surface area (TPSA) is 92.7 Å². The highest BCUT2D eigenvalue weighted by atomic mass is 35.5. The third kappa shape index (κ3) is 4.43. The number of ether oxygens (including phenoxy) is 1. The van der Waals surface area contributed by atoms with Crippen LogP contribution >= 0.6 is 20.8 Å². The number of benzene rings is 3. The van der Waals surface area contributed by atoms with Gasteiger partial charge in [0.15, 0.2) is 5.75 Å². The fourth-order valence-corrected chi connectivity index (χ4v) is 5.00. The number of esters is 1. The van der Waals surface area contributed by atoms with Gasteiger partial charge in [0.25, 0.3) is 15.7 Å². The molecule has 4 rings (SSSR count). The molecule has 6 nitrogen and oxygen atoms in total. The predicted octanol–water partition coefficient (Wildman–Crippen LogP) is 5.39. The number of fused-ring (bicyclic) bond motifs is 6. The Morgan fingerprint density at radius 2 is 1.76 bits per heavy atom. The fourth-order valence-electron chi connectivity index (χ4n) is 3.34. The van der Waals surface area contributed by atoms with Gasteiger partial charge in [-0.2, -0.15) is 8.78 Å². The lowest BCUT2D eigenvalue weighted by Crippen LogP contribution is -2.15. The SMILES string of the molecule is O=C1OCc2cc(C(F)(F)P)ccc2-c2cc(c(F)cc2F)NS(=O)(=O)c2cc1cc(Cl)c2O. The van der Waals surface area contributed by atoms with Crippen LogP contribution in [-0.4, -0.2) is 19.5 Å². The summed E-state index contributed by atoms with van der Waals surface area (Å²) in [7, 11) is -3.39. The average molecular weight is 534 g/mol. The number of anilines is 1. The van der Waals surface area contributed by atoms with Crippen LogP contribution in [-0.2, 0) is 27.0 Å². The van der Waals surface area contributed by atoms with Crippen LogP contribution in [0.15, 0.2) is 47.4 Å². The van der Waals surface area contributed by atoms with E-state index in [0.29, 0.717) is 6.07 Å². The van der Waals surface area contributed by atoms with Gasteiger partial charge in [-0.25, -0.2) is 22.0 Å². The molecule has 0 fully saturated rings. The van der Waals surface area contributed by atoms with E-state index in [9.17, 15) is 35.9 Å². The van der Waals surface area contributed by atoms with Crippen LogP contribution in [0.1, 0.15) is 21.5 Å². The quantitative estimate of drug-likeness (QED) is 0.249. The number of nitrogens with one attached hydrogen (secondary N) is 1. The maximum absolute atomic E-state index is 14.7. The predicted molar refractivity (Wildman–Crippen MR) is 118 cm³/mol. The second-order valence-electron chi connectivity index (χ2n) is 7.29. The van der Waals surface area contributed by atoms with Crippen molar-refractivity contribution in [3.63, 3.8) is 0 Å². The number of carbonyl (C=O) groups is 1.